The van der Waals surface area contributed by atoms with E-state index in [0.717, 1.165) is 6.42 Å². The van der Waals surface area contributed by atoms with Gasteiger partial charge in [-0.25, -0.2) is 8.78 Å². The van der Waals surface area contributed by atoms with Gasteiger partial charge in [0.15, 0.2) is 0 Å². The Labute approximate surface area is 87.1 Å². The van der Waals surface area contributed by atoms with E-state index in [0.29, 0.717) is 6.54 Å². The van der Waals surface area contributed by atoms with Crippen LogP contribution in [0.15, 0.2) is 11.4 Å². The summed E-state index contributed by atoms with van der Waals surface area (Å²) in [5.74, 6) is 0. The van der Waals surface area contributed by atoms with Gasteiger partial charge in [0.1, 0.15) is 0 Å². The quantitative estimate of drug-likeness (QED) is 0.802. The van der Waals surface area contributed by atoms with Crippen LogP contribution in [0.2, 0.25) is 0 Å². The molecular weight excluding hydrogens is 204 g/mol. The van der Waals surface area contributed by atoms with Crippen LogP contribution in [-0.4, -0.2) is 12.5 Å². The van der Waals surface area contributed by atoms with Crippen molar-refractivity contribution in [3.8, 4) is 0 Å². The average molecular weight is 219 g/mol. The number of hydrogen-bond acceptors (Lipinski definition) is 2. The average Bonchev–Trinajstić information content (AvgIpc) is 2.60. The van der Waals surface area contributed by atoms with Crippen LogP contribution in [0.5, 0.6) is 0 Å². The molecule has 0 bridgehead atoms. The van der Waals surface area contributed by atoms with Crippen molar-refractivity contribution in [3.05, 3.63) is 21.9 Å². The van der Waals surface area contributed by atoms with Crippen LogP contribution in [-0.2, 0) is 13.0 Å². The second-order valence-corrected chi connectivity index (χ2v) is 4.23. The van der Waals surface area contributed by atoms with Crippen LogP contribution < -0.4 is 5.32 Å². The maximum atomic E-state index is 12.2. The number of alkyl halides is 2. The summed E-state index contributed by atoms with van der Waals surface area (Å²) < 4.78 is 24.4. The topological polar surface area (TPSA) is 12.0 Å². The van der Waals surface area contributed by atoms with Crippen molar-refractivity contribution >= 4 is 11.3 Å². The summed E-state index contributed by atoms with van der Waals surface area (Å²) in [6.45, 7) is 4.12. The Bertz CT molecular complexity index is 273. The van der Waals surface area contributed by atoms with Gasteiger partial charge in [0, 0.05) is 11.4 Å². The first-order valence-corrected chi connectivity index (χ1v) is 5.60. The first-order valence-electron chi connectivity index (χ1n) is 4.72. The molecule has 1 unspecified atom stereocenters. The molecular formula is C10H15F2NS. The van der Waals surface area contributed by atoms with E-state index in [1.807, 2.05) is 5.38 Å². The van der Waals surface area contributed by atoms with Crippen molar-refractivity contribution < 1.29 is 8.78 Å². The minimum absolute atomic E-state index is 0.548. The summed E-state index contributed by atoms with van der Waals surface area (Å²) >= 11 is 1.62. The van der Waals surface area contributed by atoms with Crippen LogP contribution in [0, 0.1) is 0 Å². The molecule has 0 aromatic carbocycles. The molecule has 0 amide bonds. The van der Waals surface area contributed by atoms with Gasteiger partial charge in [0.25, 0.3) is 6.43 Å². The summed E-state index contributed by atoms with van der Waals surface area (Å²) in [7, 11) is 0. The summed E-state index contributed by atoms with van der Waals surface area (Å²) in [5, 5.41) is 4.82. The molecule has 0 saturated carbocycles. The maximum Gasteiger partial charge on any atom is 0.253 e. The van der Waals surface area contributed by atoms with Crippen molar-refractivity contribution in [1.82, 2.24) is 5.32 Å². The molecule has 1 nitrogen and oxygen atoms in total. The van der Waals surface area contributed by atoms with Gasteiger partial charge in [-0.2, -0.15) is 0 Å². The second kappa shape index (κ2) is 5.41. The van der Waals surface area contributed by atoms with Crippen LogP contribution in [0.1, 0.15) is 24.3 Å². The fraction of sp³-hybridized carbons (Fsp3) is 0.600. The van der Waals surface area contributed by atoms with Gasteiger partial charge in [-0.15, -0.1) is 11.3 Å². The van der Waals surface area contributed by atoms with Crippen molar-refractivity contribution in [3.63, 3.8) is 0 Å². The van der Waals surface area contributed by atoms with Gasteiger partial charge in [-0.05, 0) is 30.4 Å². The van der Waals surface area contributed by atoms with Gasteiger partial charge < -0.3 is 5.32 Å². The number of hydrogen-bond donors (Lipinski definition) is 1. The van der Waals surface area contributed by atoms with Crippen molar-refractivity contribution in [2.75, 3.05) is 0 Å². The molecule has 0 spiro atoms. The Balaban J connectivity index is 2.45. The summed E-state index contributed by atoms with van der Waals surface area (Å²) in [6.07, 6.45) is -1.33. The van der Waals surface area contributed by atoms with E-state index in [2.05, 4.69) is 18.3 Å². The lowest BCUT2D eigenvalue weighted by molar-refractivity contribution is 0.105. The summed E-state index contributed by atoms with van der Waals surface area (Å²) in [6, 6.07) is 1.32. The maximum absolute atomic E-state index is 12.2. The Morgan fingerprint density at radius 2 is 2.21 bits per heavy atom. The smallest absolute Gasteiger partial charge is 0.253 e. The Morgan fingerprint density at radius 1 is 1.50 bits per heavy atom. The van der Waals surface area contributed by atoms with Gasteiger partial charge in [-0.1, -0.05) is 6.92 Å². The monoisotopic (exact) mass is 219 g/mol. The molecule has 1 N–H and O–H groups in total. The molecule has 1 heterocycles. The fourth-order valence-corrected chi connectivity index (χ4v) is 2.11. The van der Waals surface area contributed by atoms with Crippen LogP contribution in [0.4, 0.5) is 8.78 Å². The zero-order valence-electron chi connectivity index (χ0n) is 8.39. The number of rotatable bonds is 5. The molecule has 1 atom stereocenters. The molecule has 0 fully saturated rings. The van der Waals surface area contributed by atoms with Gasteiger partial charge >= 0.3 is 0 Å². The molecule has 1 rings (SSSR count). The normalized spacial score (nSPS) is 13.5. The van der Waals surface area contributed by atoms with Crippen LogP contribution in [0.3, 0.4) is 0 Å². The highest BCUT2D eigenvalue weighted by atomic mass is 32.1. The SMILES string of the molecule is CCc1ccsc1CNC(C)C(F)F. The highest BCUT2D eigenvalue weighted by molar-refractivity contribution is 7.10. The van der Waals surface area contributed by atoms with Crippen molar-refractivity contribution in [1.29, 1.82) is 0 Å². The van der Waals surface area contributed by atoms with Crippen molar-refractivity contribution in [2.24, 2.45) is 0 Å². The van der Waals surface area contributed by atoms with E-state index in [1.54, 1.807) is 11.3 Å². The van der Waals surface area contributed by atoms with E-state index in [9.17, 15) is 8.78 Å². The Kier molecular flexibility index (Phi) is 4.48. The third kappa shape index (κ3) is 3.03. The fourth-order valence-electron chi connectivity index (χ4n) is 1.18. The second-order valence-electron chi connectivity index (χ2n) is 3.23. The van der Waals surface area contributed by atoms with Gasteiger partial charge in [0.05, 0.1) is 6.04 Å². The predicted molar refractivity (Wildman–Crippen MR) is 56.0 cm³/mol. The number of thiophene rings is 1. The molecule has 0 radical (unpaired) electrons. The minimum Gasteiger partial charge on any atom is -0.304 e. The van der Waals surface area contributed by atoms with E-state index in [4.69, 9.17) is 0 Å². The summed E-state index contributed by atoms with van der Waals surface area (Å²) in [5.41, 5.74) is 1.25. The number of nitrogens with one attached hydrogen (secondary N) is 1. The third-order valence-electron chi connectivity index (χ3n) is 2.18. The molecule has 1 aromatic heterocycles. The Morgan fingerprint density at radius 3 is 2.79 bits per heavy atom. The Hall–Kier alpha value is -0.480. The molecule has 0 saturated heterocycles. The number of halogens is 2. The predicted octanol–water partition coefficient (Wildman–Crippen LogP) is 3.05. The summed E-state index contributed by atoms with van der Waals surface area (Å²) in [4.78, 5) is 1.17. The lowest BCUT2D eigenvalue weighted by Gasteiger charge is -2.12. The lowest BCUT2D eigenvalue weighted by atomic mass is 10.2. The van der Waals surface area contributed by atoms with E-state index >= 15 is 0 Å². The highest BCUT2D eigenvalue weighted by Gasteiger charge is 2.14. The molecule has 0 aliphatic rings. The first-order chi connectivity index (χ1) is 6.65. The molecule has 80 valence electrons. The largest absolute Gasteiger partial charge is 0.304 e. The number of aryl methyl sites for hydroxylation is 1. The molecule has 0 aliphatic heterocycles. The first kappa shape index (κ1) is 11.6. The molecule has 0 aliphatic carbocycles. The molecule has 14 heavy (non-hydrogen) atoms. The highest BCUT2D eigenvalue weighted by Crippen LogP contribution is 2.17. The van der Waals surface area contributed by atoms with Crippen molar-refractivity contribution in [2.45, 2.75) is 39.3 Å². The zero-order chi connectivity index (χ0) is 10.6. The van der Waals surface area contributed by atoms with E-state index in [-0.39, 0.29) is 0 Å². The molecule has 4 heteroatoms. The van der Waals surface area contributed by atoms with Crippen LogP contribution in [0.25, 0.3) is 0 Å². The lowest BCUT2D eigenvalue weighted by Crippen LogP contribution is -2.31. The van der Waals surface area contributed by atoms with Gasteiger partial charge in [0.2, 0.25) is 0 Å². The standard InChI is InChI=1S/C10H15F2NS/c1-3-8-4-5-14-9(8)6-13-7(2)10(11)12/h4-5,7,10,13H,3,6H2,1-2H3. The third-order valence-corrected chi connectivity index (χ3v) is 3.14. The van der Waals surface area contributed by atoms with E-state index in [1.165, 1.54) is 17.4 Å². The minimum atomic E-state index is -2.29. The van der Waals surface area contributed by atoms with Crippen LogP contribution >= 0.6 is 11.3 Å². The molecule has 1 aromatic rings. The van der Waals surface area contributed by atoms with E-state index < -0.39 is 12.5 Å². The zero-order valence-corrected chi connectivity index (χ0v) is 9.20. The van der Waals surface area contributed by atoms with Gasteiger partial charge in [-0.3, -0.25) is 0 Å².